The number of hydrogen-bond acceptors (Lipinski definition) is 2. The number of pyridine rings is 1. The van der Waals surface area contributed by atoms with E-state index in [9.17, 15) is 4.39 Å². The van der Waals surface area contributed by atoms with Gasteiger partial charge in [-0.05, 0) is 35.4 Å². The van der Waals surface area contributed by atoms with Gasteiger partial charge in [0.1, 0.15) is 11.5 Å². The third-order valence-corrected chi connectivity index (χ3v) is 3.25. The Morgan fingerprint density at radius 2 is 1.91 bits per heavy atom. The van der Waals surface area contributed by atoms with Crippen molar-refractivity contribution in [2.24, 2.45) is 0 Å². The van der Waals surface area contributed by atoms with Gasteiger partial charge in [-0.2, -0.15) is 5.26 Å². The number of hydrogen-bond donors (Lipinski definition) is 0. The second-order valence-electron chi connectivity index (χ2n) is 4.62. The van der Waals surface area contributed by atoms with Crippen LogP contribution in [0, 0.1) is 17.1 Å². The molecule has 2 heterocycles. The molecular formula is C18H18FN3. The van der Waals surface area contributed by atoms with E-state index >= 15 is 0 Å². The fourth-order valence-electron chi connectivity index (χ4n) is 2.33. The van der Waals surface area contributed by atoms with Crippen LogP contribution in [0.1, 0.15) is 25.0 Å². The lowest BCUT2D eigenvalue weighted by atomic mass is 10.2. The highest BCUT2D eigenvalue weighted by molar-refractivity contribution is 5.80. The predicted molar refractivity (Wildman–Crippen MR) is 85.9 cm³/mol. The van der Waals surface area contributed by atoms with Crippen LogP contribution in [-0.2, 0) is 13.0 Å². The number of rotatable bonds is 3. The zero-order valence-electron chi connectivity index (χ0n) is 12.8. The second kappa shape index (κ2) is 7.37. The van der Waals surface area contributed by atoms with Crippen LogP contribution in [0.15, 0.2) is 48.8 Å². The predicted octanol–water partition coefficient (Wildman–Crippen LogP) is 4.32. The molecule has 1 aromatic carbocycles. The fourth-order valence-corrected chi connectivity index (χ4v) is 2.33. The number of nitriles is 1. The first-order valence-electron chi connectivity index (χ1n) is 7.32. The molecule has 0 aliphatic heterocycles. The van der Waals surface area contributed by atoms with Crippen LogP contribution in [0.2, 0.25) is 0 Å². The van der Waals surface area contributed by atoms with Gasteiger partial charge in [0, 0.05) is 24.3 Å². The van der Waals surface area contributed by atoms with Gasteiger partial charge in [0.25, 0.3) is 0 Å². The van der Waals surface area contributed by atoms with E-state index in [1.54, 1.807) is 18.3 Å². The van der Waals surface area contributed by atoms with Crippen LogP contribution in [0.25, 0.3) is 11.0 Å². The number of halogens is 1. The molecule has 112 valence electrons. The summed E-state index contributed by atoms with van der Waals surface area (Å²) in [5.41, 5.74) is 2.82. The maximum atomic E-state index is 12.9. The standard InChI is InChI=1S/C16H12FN3.C2H6/c17-14-5-3-12(4-6-14)10-20-11-13(7-8-18)15-2-1-9-19-16(15)20;1-2/h1-6,9,11H,7,10H2;1-2H3. The maximum absolute atomic E-state index is 12.9. The first kappa shape index (κ1) is 15.7. The van der Waals surface area contributed by atoms with Crippen molar-refractivity contribution in [2.45, 2.75) is 26.8 Å². The zero-order chi connectivity index (χ0) is 15.9. The van der Waals surface area contributed by atoms with Gasteiger partial charge < -0.3 is 4.57 Å². The number of fused-ring (bicyclic) bond motifs is 1. The summed E-state index contributed by atoms with van der Waals surface area (Å²) in [7, 11) is 0. The van der Waals surface area contributed by atoms with Gasteiger partial charge in [0.05, 0.1) is 12.5 Å². The van der Waals surface area contributed by atoms with Gasteiger partial charge in [-0.1, -0.05) is 26.0 Å². The van der Waals surface area contributed by atoms with Gasteiger partial charge in [-0.15, -0.1) is 0 Å². The van der Waals surface area contributed by atoms with E-state index < -0.39 is 0 Å². The summed E-state index contributed by atoms with van der Waals surface area (Å²) in [6.07, 6.45) is 4.04. The van der Waals surface area contributed by atoms with E-state index in [4.69, 9.17) is 5.26 Å². The summed E-state index contributed by atoms with van der Waals surface area (Å²) < 4.78 is 14.9. The minimum absolute atomic E-state index is 0.241. The number of aromatic nitrogens is 2. The molecule has 3 aromatic rings. The number of benzene rings is 1. The van der Waals surface area contributed by atoms with E-state index in [0.717, 1.165) is 22.2 Å². The van der Waals surface area contributed by atoms with Gasteiger partial charge in [-0.25, -0.2) is 9.37 Å². The minimum Gasteiger partial charge on any atom is -0.328 e. The SMILES string of the molecule is CC.N#CCc1cn(Cc2ccc(F)cc2)c2ncccc12. The Labute approximate surface area is 129 Å². The Bertz CT molecular complexity index is 782. The third-order valence-electron chi connectivity index (χ3n) is 3.25. The van der Waals surface area contributed by atoms with Gasteiger partial charge in [0.15, 0.2) is 0 Å². The molecule has 0 saturated carbocycles. The summed E-state index contributed by atoms with van der Waals surface area (Å²) in [5.74, 6) is -0.241. The van der Waals surface area contributed by atoms with E-state index in [0.29, 0.717) is 13.0 Å². The molecule has 0 spiro atoms. The summed E-state index contributed by atoms with van der Waals surface area (Å²) in [6, 6.07) is 12.4. The van der Waals surface area contributed by atoms with Crippen molar-refractivity contribution in [3.8, 4) is 6.07 Å². The Morgan fingerprint density at radius 3 is 2.59 bits per heavy atom. The van der Waals surface area contributed by atoms with Gasteiger partial charge >= 0.3 is 0 Å². The largest absolute Gasteiger partial charge is 0.328 e. The lowest BCUT2D eigenvalue weighted by molar-refractivity contribution is 0.626. The van der Waals surface area contributed by atoms with Crippen molar-refractivity contribution >= 4 is 11.0 Å². The molecule has 0 radical (unpaired) electrons. The van der Waals surface area contributed by atoms with Gasteiger partial charge in [0.2, 0.25) is 0 Å². The van der Waals surface area contributed by atoms with Crippen LogP contribution in [0.4, 0.5) is 4.39 Å². The van der Waals surface area contributed by atoms with Crippen molar-refractivity contribution in [3.05, 3.63) is 65.7 Å². The Morgan fingerprint density at radius 1 is 1.18 bits per heavy atom. The quantitative estimate of drug-likeness (QED) is 0.722. The molecule has 3 rings (SSSR count). The Kier molecular flexibility index (Phi) is 5.26. The summed E-state index contributed by atoms with van der Waals surface area (Å²) in [5, 5.41) is 9.88. The van der Waals surface area contributed by atoms with Crippen LogP contribution < -0.4 is 0 Å². The highest BCUT2D eigenvalue weighted by Crippen LogP contribution is 2.21. The van der Waals surface area contributed by atoms with Crippen LogP contribution in [0.5, 0.6) is 0 Å². The van der Waals surface area contributed by atoms with Crippen LogP contribution in [0.3, 0.4) is 0 Å². The molecule has 0 atom stereocenters. The Balaban J connectivity index is 0.000000847. The molecule has 0 aliphatic rings. The summed E-state index contributed by atoms with van der Waals surface area (Å²) >= 11 is 0. The summed E-state index contributed by atoms with van der Waals surface area (Å²) in [6.45, 7) is 4.61. The van der Waals surface area contributed by atoms with Gasteiger partial charge in [-0.3, -0.25) is 0 Å². The molecule has 0 aliphatic carbocycles. The molecule has 0 fully saturated rings. The average molecular weight is 295 g/mol. The van der Waals surface area contributed by atoms with Crippen molar-refractivity contribution in [2.75, 3.05) is 0 Å². The third kappa shape index (κ3) is 3.32. The molecule has 0 N–H and O–H groups in total. The average Bonchev–Trinajstić information content (AvgIpc) is 2.90. The van der Waals surface area contributed by atoms with Crippen LogP contribution in [-0.4, -0.2) is 9.55 Å². The minimum atomic E-state index is -0.241. The van der Waals surface area contributed by atoms with Crippen LogP contribution >= 0.6 is 0 Å². The lowest BCUT2D eigenvalue weighted by Crippen LogP contribution is -1.99. The molecule has 0 saturated heterocycles. The fraction of sp³-hybridized carbons (Fsp3) is 0.222. The van der Waals surface area contributed by atoms with E-state index in [2.05, 4.69) is 11.1 Å². The van der Waals surface area contributed by atoms with E-state index in [-0.39, 0.29) is 5.82 Å². The molecular weight excluding hydrogens is 277 g/mol. The highest BCUT2D eigenvalue weighted by Gasteiger charge is 2.09. The molecule has 0 amide bonds. The molecule has 3 nitrogen and oxygen atoms in total. The van der Waals surface area contributed by atoms with Crippen molar-refractivity contribution in [1.82, 2.24) is 9.55 Å². The normalized spacial score (nSPS) is 9.91. The lowest BCUT2D eigenvalue weighted by Gasteiger charge is -2.04. The van der Waals surface area contributed by atoms with Crippen molar-refractivity contribution in [1.29, 1.82) is 5.26 Å². The first-order valence-corrected chi connectivity index (χ1v) is 7.32. The van der Waals surface area contributed by atoms with E-state index in [1.807, 2.05) is 36.7 Å². The maximum Gasteiger partial charge on any atom is 0.140 e. The molecule has 0 unspecified atom stereocenters. The van der Waals surface area contributed by atoms with Crippen molar-refractivity contribution in [3.63, 3.8) is 0 Å². The first-order chi connectivity index (χ1) is 10.8. The Hall–Kier alpha value is -2.67. The van der Waals surface area contributed by atoms with E-state index in [1.165, 1.54) is 12.1 Å². The molecule has 22 heavy (non-hydrogen) atoms. The molecule has 2 aromatic heterocycles. The molecule has 0 bridgehead atoms. The highest BCUT2D eigenvalue weighted by atomic mass is 19.1. The second-order valence-corrected chi connectivity index (χ2v) is 4.62. The topological polar surface area (TPSA) is 41.6 Å². The molecule has 4 heteroatoms. The monoisotopic (exact) mass is 295 g/mol. The summed E-state index contributed by atoms with van der Waals surface area (Å²) in [4.78, 5) is 4.38. The van der Waals surface area contributed by atoms with Crippen molar-refractivity contribution < 1.29 is 4.39 Å². The zero-order valence-corrected chi connectivity index (χ0v) is 12.8. The number of nitrogens with zero attached hydrogens (tertiary/aromatic N) is 3. The smallest absolute Gasteiger partial charge is 0.140 e.